The molecule has 0 aromatic heterocycles. The predicted molar refractivity (Wildman–Crippen MR) is 132 cm³/mol. The van der Waals surface area contributed by atoms with Gasteiger partial charge in [0.05, 0.1) is 16.5 Å². The van der Waals surface area contributed by atoms with Crippen molar-refractivity contribution in [3.63, 3.8) is 0 Å². The molecule has 0 fully saturated rings. The van der Waals surface area contributed by atoms with E-state index in [4.69, 9.17) is 10.5 Å². The highest BCUT2D eigenvalue weighted by Gasteiger charge is 2.25. The highest BCUT2D eigenvalue weighted by atomic mass is 16.6. The molecule has 0 saturated carbocycles. The van der Waals surface area contributed by atoms with Crippen molar-refractivity contribution in [3.8, 4) is 16.9 Å². The highest BCUT2D eigenvalue weighted by molar-refractivity contribution is 5.80. The Morgan fingerprint density at radius 2 is 1.24 bits per heavy atom. The minimum atomic E-state index is -0.704. The average Bonchev–Trinajstić information content (AvgIpc) is 2.76. The molecule has 0 amide bonds. The van der Waals surface area contributed by atoms with Crippen molar-refractivity contribution in [3.05, 3.63) is 56.1 Å². The van der Waals surface area contributed by atoms with Crippen LogP contribution in [0.5, 0.6) is 5.75 Å². The van der Waals surface area contributed by atoms with Crippen LogP contribution in [0.25, 0.3) is 11.1 Å². The number of nitrogens with zero attached hydrogens (tertiary/aromatic N) is 2. The number of unbranched alkanes of at least 4 members (excludes halogenated alkanes) is 9. The number of nitro groups is 2. The van der Waals surface area contributed by atoms with Gasteiger partial charge in [-0.25, -0.2) is 0 Å². The molecule has 8 heteroatoms. The fourth-order valence-electron chi connectivity index (χ4n) is 3.87. The van der Waals surface area contributed by atoms with Gasteiger partial charge >= 0.3 is 0 Å². The van der Waals surface area contributed by atoms with Gasteiger partial charge in [0.25, 0.3) is 11.4 Å². The summed E-state index contributed by atoms with van der Waals surface area (Å²) < 4.78 is 5.91. The summed E-state index contributed by atoms with van der Waals surface area (Å²) in [5.41, 5.74) is 6.10. The molecule has 0 aliphatic carbocycles. The molecule has 33 heavy (non-hydrogen) atoms. The number of rotatable bonds is 15. The second-order valence-corrected chi connectivity index (χ2v) is 8.51. The van der Waals surface area contributed by atoms with Crippen molar-refractivity contribution in [2.24, 2.45) is 0 Å². The normalized spacial score (nSPS) is 10.8. The van der Waals surface area contributed by atoms with Gasteiger partial charge in [0.2, 0.25) is 0 Å². The first-order valence-electron chi connectivity index (χ1n) is 11.8. The topological polar surface area (TPSA) is 122 Å². The van der Waals surface area contributed by atoms with Crippen molar-refractivity contribution in [1.29, 1.82) is 0 Å². The van der Waals surface area contributed by atoms with Gasteiger partial charge in [-0.1, -0.05) is 70.8 Å². The number of nitrogen functional groups attached to an aromatic ring is 1. The van der Waals surface area contributed by atoms with E-state index in [-0.39, 0.29) is 0 Å². The standard InChI is InChI=1S/C25H35N3O5/c1-3-4-5-6-7-8-9-10-11-12-13-33-22-15-19(2)14-20(16-22)21-17-23(27(29)30)25(26)24(18-21)28(31)32/h14-18H,3-13,26H2,1-2H3. The molecule has 0 bridgehead atoms. The summed E-state index contributed by atoms with van der Waals surface area (Å²) in [4.78, 5) is 21.2. The molecule has 2 rings (SSSR count). The number of anilines is 1. The van der Waals surface area contributed by atoms with E-state index in [1.165, 1.54) is 63.5 Å². The average molecular weight is 458 g/mol. The molecular formula is C25H35N3O5. The fourth-order valence-corrected chi connectivity index (χ4v) is 3.87. The molecule has 0 spiro atoms. The number of aryl methyl sites for hydroxylation is 1. The summed E-state index contributed by atoms with van der Waals surface area (Å²) >= 11 is 0. The van der Waals surface area contributed by atoms with E-state index < -0.39 is 26.9 Å². The lowest BCUT2D eigenvalue weighted by molar-refractivity contribution is -0.392. The van der Waals surface area contributed by atoms with Crippen molar-refractivity contribution < 1.29 is 14.6 Å². The Morgan fingerprint density at radius 1 is 0.758 bits per heavy atom. The van der Waals surface area contributed by atoms with E-state index in [1.54, 1.807) is 6.07 Å². The van der Waals surface area contributed by atoms with E-state index in [1.807, 2.05) is 19.1 Å². The number of benzene rings is 2. The minimum absolute atomic E-state index is 0.357. The van der Waals surface area contributed by atoms with Gasteiger partial charge in [-0.3, -0.25) is 20.2 Å². The lowest BCUT2D eigenvalue weighted by atomic mass is 10.0. The van der Waals surface area contributed by atoms with Gasteiger partial charge in [0.15, 0.2) is 5.69 Å². The number of hydrogen-bond acceptors (Lipinski definition) is 6. The van der Waals surface area contributed by atoms with Gasteiger partial charge < -0.3 is 10.5 Å². The van der Waals surface area contributed by atoms with Gasteiger partial charge in [-0.05, 0) is 42.2 Å². The van der Waals surface area contributed by atoms with Gasteiger partial charge in [-0.15, -0.1) is 0 Å². The number of nitrogens with two attached hydrogens (primary N) is 1. The second-order valence-electron chi connectivity index (χ2n) is 8.51. The molecule has 2 N–H and O–H groups in total. The maximum absolute atomic E-state index is 11.3. The summed E-state index contributed by atoms with van der Waals surface area (Å²) in [7, 11) is 0. The minimum Gasteiger partial charge on any atom is -0.494 e. The number of nitro benzene ring substituents is 2. The van der Waals surface area contributed by atoms with Crippen LogP contribution in [0.3, 0.4) is 0 Å². The van der Waals surface area contributed by atoms with Crippen molar-refractivity contribution >= 4 is 17.1 Å². The maximum Gasteiger partial charge on any atom is 0.299 e. The zero-order valence-corrected chi connectivity index (χ0v) is 19.7. The van der Waals surface area contributed by atoms with Crippen LogP contribution < -0.4 is 10.5 Å². The first-order valence-corrected chi connectivity index (χ1v) is 11.8. The zero-order valence-electron chi connectivity index (χ0n) is 19.7. The summed E-state index contributed by atoms with van der Waals surface area (Å²) in [6, 6.07) is 7.99. The number of hydrogen-bond donors (Lipinski definition) is 1. The largest absolute Gasteiger partial charge is 0.494 e. The maximum atomic E-state index is 11.3. The fraction of sp³-hybridized carbons (Fsp3) is 0.520. The third-order valence-corrected chi connectivity index (χ3v) is 5.68. The molecule has 8 nitrogen and oxygen atoms in total. The summed E-state index contributed by atoms with van der Waals surface area (Å²) in [5.74, 6) is 0.642. The molecule has 2 aromatic carbocycles. The molecule has 0 heterocycles. The predicted octanol–water partition coefficient (Wildman–Crippen LogP) is 7.36. The Hall–Kier alpha value is -3.16. The molecule has 2 aromatic rings. The number of ether oxygens (including phenoxy) is 1. The van der Waals surface area contributed by atoms with E-state index in [0.29, 0.717) is 23.5 Å². The summed E-state index contributed by atoms with van der Waals surface area (Å²) in [6.45, 7) is 4.70. The molecule has 0 unspecified atom stereocenters. The Labute approximate surface area is 195 Å². The van der Waals surface area contributed by atoms with Crippen molar-refractivity contribution in [2.75, 3.05) is 12.3 Å². The monoisotopic (exact) mass is 457 g/mol. The Kier molecular flexibility index (Phi) is 10.6. The summed E-state index contributed by atoms with van der Waals surface area (Å²) in [5, 5.41) is 22.6. The van der Waals surface area contributed by atoms with E-state index in [0.717, 1.165) is 18.4 Å². The molecule has 0 saturated heterocycles. The van der Waals surface area contributed by atoms with Crippen LogP contribution >= 0.6 is 0 Å². The molecule has 0 atom stereocenters. The highest BCUT2D eigenvalue weighted by Crippen LogP contribution is 2.38. The first-order chi connectivity index (χ1) is 15.8. The van der Waals surface area contributed by atoms with Crippen LogP contribution in [-0.2, 0) is 0 Å². The van der Waals surface area contributed by atoms with Crippen LogP contribution in [0.1, 0.15) is 76.7 Å². The first kappa shape index (κ1) is 26.1. The third-order valence-electron chi connectivity index (χ3n) is 5.68. The second kappa shape index (κ2) is 13.4. The van der Waals surface area contributed by atoms with E-state index in [9.17, 15) is 20.2 Å². The molecular weight excluding hydrogens is 422 g/mol. The quantitative estimate of drug-likeness (QED) is 0.129. The molecule has 0 aliphatic heterocycles. The SMILES string of the molecule is CCCCCCCCCCCCOc1cc(C)cc(-c2cc([N+](=O)[O-])c(N)c([N+](=O)[O-])c2)c1. The van der Waals surface area contributed by atoms with Crippen LogP contribution in [0.2, 0.25) is 0 Å². The Bertz CT molecular complexity index is 911. The van der Waals surface area contributed by atoms with Gasteiger partial charge in [-0.2, -0.15) is 0 Å². The van der Waals surface area contributed by atoms with Gasteiger partial charge in [0.1, 0.15) is 5.75 Å². The van der Waals surface area contributed by atoms with E-state index >= 15 is 0 Å². The smallest absolute Gasteiger partial charge is 0.299 e. The summed E-state index contributed by atoms with van der Waals surface area (Å²) in [6.07, 6.45) is 12.5. The zero-order chi connectivity index (χ0) is 24.2. The van der Waals surface area contributed by atoms with Crippen LogP contribution in [0.4, 0.5) is 17.1 Å². The Balaban J connectivity index is 1.94. The van der Waals surface area contributed by atoms with Crippen LogP contribution in [0.15, 0.2) is 30.3 Å². The molecule has 0 radical (unpaired) electrons. The van der Waals surface area contributed by atoms with E-state index in [2.05, 4.69) is 6.92 Å². The molecule has 0 aliphatic rings. The van der Waals surface area contributed by atoms with Crippen LogP contribution in [-0.4, -0.2) is 16.5 Å². The van der Waals surface area contributed by atoms with Gasteiger partial charge in [0, 0.05) is 12.1 Å². The lowest BCUT2D eigenvalue weighted by Gasteiger charge is -2.11. The molecule has 180 valence electrons. The van der Waals surface area contributed by atoms with Crippen molar-refractivity contribution in [2.45, 2.75) is 78.1 Å². The lowest BCUT2D eigenvalue weighted by Crippen LogP contribution is -2.02. The van der Waals surface area contributed by atoms with Crippen LogP contribution in [0, 0.1) is 27.2 Å². The van der Waals surface area contributed by atoms with Crippen molar-refractivity contribution in [1.82, 2.24) is 0 Å². The third kappa shape index (κ3) is 8.36. The Morgan fingerprint density at radius 3 is 1.76 bits per heavy atom.